The van der Waals surface area contributed by atoms with Crippen LogP contribution in [0.1, 0.15) is 22.3 Å². The van der Waals surface area contributed by atoms with Gasteiger partial charge in [-0.1, -0.05) is 5.92 Å². The van der Waals surface area contributed by atoms with Gasteiger partial charge in [0.15, 0.2) is 0 Å². The van der Waals surface area contributed by atoms with Crippen molar-refractivity contribution >= 4 is 11.9 Å². The van der Waals surface area contributed by atoms with E-state index < -0.39 is 5.97 Å². The summed E-state index contributed by atoms with van der Waals surface area (Å²) in [6.07, 6.45) is 5.14. The van der Waals surface area contributed by atoms with Crippen LogP contribution in [-0.4, -0.2) is 35.5 Å². The average molecular weight is 231 g/mol. The molecule has 0 bridgehead atoms. The van der Waals surface area contributed by atoms with E-state index in [1.165, 1.54) is 4.90 Å². The lowest BCUT2D eigenvalue weighted by Crippen LogP contribution is -2.28. The topological polar surface area (TPSA) is 57.6 Å². The maximum atomic E-state index is 11.8. The summed E-state index contributed by atoms with van der Waals surface area (Å²) in [4.78, 5) is 23.6. The molecule has 0 fully saturated rings. The van der Waals surface area contributed by atoms with Crippen molar-refractivity contribution in [1.29, 1.82) is 0 Å². The molecule has 1 N–H and O–H groups in total. The lowest BCUT2D eigenvalue weighted by molar-refractivity contribution is -0.137. The minimum Gasteiger partial charge on any atom is -0.481 e. The summed E-state index contributed by atoms with van der Waals surface area (Å²) in [7, 11) is 1.57. The van der Waals surface area contributed by atoms with Crippen LogP contribution in [0.25, 0.3) is 0 Å². The van der Waals surface area contributed by atoms with Crippen LogP contribution in [0.4, 0.5) is 0 Å². The molecule has 4 heteroatoms. The van der Waals surface area contributed by atoms with Gasteiger partial charge in [0.05, 0.1) is 6.42 Å². The smallest absolute Gasteiger partial charge is 0.305 e. The summed E-state index contributed by atoms with van der Waals surface area (Å²) in [6.45, 7) is 0.186. The Morgan fingerprint density at radius 3 is 2.41 bits per heavy atom. The van der Waals surface area contributed by atoms with Crippen LogP contribution in [0.2, 0.25) is 0 Å². The zero-order valence-electron chi connectivity index (χ0n) is 9.51. The second-order valence-corrected chi connectivity index (χ2v) is 3.59. The maximum Gasteiger partial charge on any atom is 0.305 e. The number of carbonyl (C=O) groups excluding carboxylic acids is 1. The Bertz CT molecular complexity index is 457. The van der Waals surface area contributed by atoms with Gasteiger partial charge >= 0.3 is 5.97 Å². The standard InChI is InChI=1S/C13H13NO3/c1-3-10-4-6-11(7-5-10)13(17)14(2)9-8-12(15)16/h1,4-7H,8-9H2,2H3,(H,15,16). The van der Waals surface area contributed by atoms with Gasteiger partial charge in [0, 0.05) is 24.7 Å². The highest BCUT2D eigenvalue weighted by molar-refractivity contribution is 5.94. The molecule has 0 saturated carbocycles. The van der Waals surface area contributed by atoms with Gasteiger partial charge < -0.3 is 10.0 Å². The Hall–Kier alpha value is -2.28. The van der Waals surface area contributed by atoms with E-state index in [0.29, 0.717) is 11.1 Å². The summed E-state index contributed by atoms with van der Waals surface area (Å²) < 4.78 is 0. The van der Waals surface area contributed by atoms with Crippen molar-refractivity contribution in [3.05, 3.63) is 35.4 Å². The van der Waals surface area contributed by atoms with Crippen molar-refractivity contribution < 1.29 is 14.7 Å². The number of rotatable bonds is 4. The van der Waals surface area contributed by atoms with Gasteiger partial charge in [-0.25, -0.2) is 0 Å². The normalized spacial score (nSPS) is 9.41. The zero-order chi connectivity index (χ0) is 12.8. The van der Waals surface area contributed by atoms with Gasteiger partial charge in [-0.15, -0.1) is 6.42 Å². The first-order valence-electron chi connectivity index (χ1n) is 5.08. The van der Waals surface area contributed by atoms with E-state index in [4.69, 9.17) is 11.5 Å². The lowest BCUT2D eigenvalue weighted by Gasteiger charge is -2.15. The molecule has 1 aromatic carbocycles. The summed E-state index contributed by atoms with van der Waals surface area (Å²) in [5.41, 5.74) is 1.20. The highest BCUT2D eigenvalue weighted by Crippen LogP contribution is 2.06. The highest BCUT2D eigenvalue weighted by atomic mass is 16.4. The van der Waals surface area contributed by atoms with Crippen LogP contribution >= 0.6 is 0 Å². The van der Waals surface area contributed by atoms with Gasteiger partial charge in [0.1, 0.15) is 0 Å². The summed E-state index contributed by atoms with van der Waals surface area (Å²) in [6, 6.07) is 6.63. The third kappa shape index (κ3) is 3.65. The molecule has 0 aliphatic rings. The third-order valence-electron chi connectivity index (χ3n) is 2.31. The van der Waals surface area contributed by atoms with E-state index in [2.05, 4.69) is 5.92 Å². The van der Waals surface area contributed by atoms with Crippen LogP contribution < -0.4 is 0 Å². The average Bonchev–Trinajstić information content (AvgIpc) is 2.35. The molecule has 0 heterocycles. The number of benzene rings is 1. The Balaban J connectivity index is 2.68. The number of amides is 1. The number of hydrogen-bond acceptors (Lipinski definition) is 2. The van der Waals surface area contributed by atoms with Gasteiger partial charge in [-0.3, -0.25) is 9.59 Å². The SMILES string of the molecule is C#Cc1ccc(C(=O)N(C)CCC(=O)O)cc1. The Morgan fingerprint density at radius 1 is 1.35 bits per heavy atom. The quantitative estimate of drug-likeness (QED) is 0.792. The number of carbonyl (C=O) groups is 2. The Labute approximate surface area is 99.9 Å². The third-order valence-corrected chi connectivity index (χ3v) is 2.31. The van der Waals surface area contributed by atoms with E-state index in [1.54, 1.807) is 31.3 Å². The van der Waals surface area contributed by atoms with E-state index >= 15 is 0 Å². The summed E-state index contributed by atoms with van der Waals surface area (Å²) in [5, 5.41) is 8.52. The predicted molar refractivity (Wildman–Crippen MR) is 63.6 cm³/mol. The number of hydrogen-bond donors (Lipinski definition) is 1. The van der Waals surface area contributed by atoms with Crippen LogP contribution in [0, 0.1) is 12.3 Å². The molecule has 0 saturated heterocycles. The fourth-order valence-corrected chi connectivity index (χ4v) is 1.29. The van der Waals surface area contributed by atoms with Crippen molar-refractivity contribution in [2.24, 2.45) is 0 Å². The first kappa shape index (κ1) is 12.8. The van der Waals surface area contributed by atoms with Crippen molar-refractivity contribution in [3.8, 4) is 12.3 Å². The van der Waals surface area contributed by atoms with Crippen molar-refractivity contribution in [1.82, 2.24) is 4.90 Å². The van der Waals surface area contributed by atoms with E-state index in [1.807, 2.05) is 0 Å². The summed E-state index contributed by atoms with van der Waals surface area (Å²) >= 11 is 0. The van der Waals surface area contributed by atoms with E-state index in [-0.39, 0.29) is 18.9 Å². The molecule has 1 rings (SSSR count). The molecule has 17 heavy (non-hydrogen) atoms. The first-order valence-corrected chi connectivity index (χ1v) is 5.08. The molecular weight excluding hydrogens is 218 g/mol. The molecule has 0 aromatic heterocycles. The minimum atomic E-state index is -0.924. The number of aliphatic carboxylic acids is 1. The second kappa shape index (κ2) is 5.71. The van der Waals surface area contributed by atoms with Crippen molar-refractivity contribution in [2.75, 3.05) is 13.6 Å². The molecule has 0 aliphatic carbocycles. The lowest BCUT2D eigenvalue weighted by atomic mass is 10.1. The number of nitrogens with zero attached hydrogens (tertiary/aromatic N) is 1. The predicted octanol–water partition coefficient (Wildman–Crippen LogP) is 1.21. The molecular formula is C13H13NO3. The van der Waals surface area contributed by atoms with Crippen LogP contribution in [-0.2, 0) is 4.79 Å². The van der Waals surface area contributed by atoms with Gasteiger partial charge in [0.2, 0.25) is 0 Å². The van der Waals surface area contributed by atoms with Crippen LogP contribution in [0.3, 0.4) is 0 Å². The fourth-order valence-electron chi connectivity index (χ4n) is 1.29. The van der Waals surface area contributed by atoms with Crippen LogP contribution in [0.15, 0.2) is 24.3 Å². The molecule has 0 spiro atoms. The fraction of sp³-hybridized carbons (Fsp3) is 0.231. The monoisotopic (exact) mass is 231 g/mol. The molecule has 0 unspecified atom stereocenters. The molecule has 0 atom stereocenters. The number of terminal acetylenes is 1. The van der Waals surface area contributed by atoms with E-state index in [9.17, 15) is 9.59 Å². The largest absolute Gasteiger partial charge is 0.481 e. The van der Waals surface area contributed by atoms with Gasteiger partial charge in [0.25, 0.3) is 5.91 Å². The second-order valence-electron chi connectivity index (χ2n) is 3.59. The maximum absolute atomic E-state index is 11.8. The first-order chi connectivity index (χ1) is 8.04. The van der Waals surface area contributed by atoms with Gasteiger partial charge in [-0.2, -0.15) is 0 Å². The highest BCUT2D eigenvalue weighted by Gasteiger charge is 2.12. The molecule has 0 radical (unpaired) electrons. The zero-order valence-corrected chi connectivity index (χ0v) is 9.51. The molecule has 88 valence electrons. The summed E-state index contributed by atoms with van der Waals surface area (Å²) in [5.74, 6) is 1.32. The Morgan fingerprint density at radius 2 is 1.94 bits per heavy atom. The molecule has 1 aromatic rings. The number of carboxylic acids is 1. The molecule has 1 amide bonds. The van der Waals surface area contributed by atoms with Crippen molar-refractivity contribution in [3.63, 3.8) is 0 Å². The molecule has 0 aliphatic heterocycles. The van der Waals surface area contributed by atoms with Crippen LogP contribution in [0.5, 0.6) is 0 Å². The Kier molecular flexibility index (Phi) is 4.29. The van der Waals surface area contributed by atoms with E-state index in [0.717, 1.165) is 0 Å². The number of carboxylic acid groups (broad SMARTS) is 1. The molecule has 4 nitrogen and oxygen atoms in total. The van der Waals surface area contributed by atoms with Gasteiger partial charge in [-0.05, 0) is 24.3 Å². The minimum absolute atomic E-state index is 0.0648. The van der Waals surface area contributed by atoms with Crippen molar-refractivity contribution in [2.45, 2.75) is 6.42 Å².